The Bertz CT molecular complexity index is 568. The highest BCUT2D eigenvalue weighted by atomic mass is 16.3. The SMILES string of the molecule is O=CC1(c2cccc3c(O)cccc23)CC1. The fourth-order valence-electron chi connectivity index (χ4n) is 2.31. The standard InChI is InChI=1S/C14H12O2/c15-9-14(7-8-14)12-5-1-4-11-10(12)3-2-6-13(11)16/h1-6,9,16H,7-8H2. The number of phenols is 1. The van der Waals surface area contributed by atoms with Gasteiger partial charge in [0, 0.05) is 5.39 Å². The molecule has 0 saturated heterocycles. The molecule has 3 rings (SSSR count). The Morgan fingerprint density at radius 2 is 1.75 bits per heavy atom. The van der Waals surface area contributed by atoms with E-state index in [-0.39, 0.29) is 11.2 Å². The Kier molecular flexibility index (Phi) is 1.81. The molecule has 2 heteroatoms. The smallest absolute Gasteiger partial charge is 0.130 e. The highest BCUT2D eigenvalue weighted by Gasteiger charge is 2.45. The molecule has 1 aliphatic carbocycles. The second-order valence-corrected chi connectivity index (χ2v) is 4.45. The van der Waals surface area contributed by atoms with E-state index in [1.165, 1.54) is 0 Å². The van der Waals surface area contributed by atoms with Crippen LogP contribution < -0.4 is 0 Å². The third kappa shape index (κ3) is 1.16. The van der Waals surface area contributed by atoms with Crippen LogP contribution in [0.1, 0.15) is 18.4 Å². The normalized spacial score (nSPS) is 17.2. The van der Waals surface area contributed by atoms with E-state index in [2.05, 4.69) is 0 Å². The lowest BCUT2D eigenvalue weighted by atomic mass is 9.92. The fraction of sp³-hybridized carbons (Fsp3) is 0.214. The summed E-state index contributed by atoms with van der Waals surface area (Å²) in [5, 5.41) is 11.6. The first kappa shape index (κ1) is 9.40. The highest BCUT2D eigenvalue weighted by molar-refractivity contribution is 5.94. The van der Waals surface area contributed by atoms with Crippen molar-refractivity contribution in [2.45, 2.75) is 18.3 Å². The van der Waals surface area contributed by atoms with Gasteiger partial charge in [0.05, 0.1) is 5.41 Å². The van der Waals surface area contributed by atoms with Crippen LogP contribution in [0.2, 0.25) is 0 Å². The summed E-state index contributed by atoms with van der Waals surface area (Å²) in [5.74, 6) is 0.279. The maximum Gasteiger partial charge on any atom is 0.130 e. The fourth-order valence-corrected chi connectivity index (χ4v) is 2.31. The third-order valence-electron chi connectivity index (χ3n) is 3.45. The maximum absolute atomic E-state index is 11.2. The molecule has 0 unspecified atom stereocenters. The molecule has 0 heterocycles. The van der Waals surface area contributed by atoms with Crippen molar-refractivity contribution < 1.29 is 9.90 Å². The summed E-state index contributed by atoms with van der Waals surface area (Å²) < 4.78 is 0. The average Bonchev–Trinajstić information content (AvgIpc) is 3.10. The van der Waals surface area contributed by atoms with Crippen LogP contribution in [-0.2, 0) is 10.2 Å². The van der Waals surface area contributed by atoms with Crippen molar-refractivity contribution in [1.29, 1.82) is 0 Å². The Morgan fingerprint density at radius 1 is 1.06 bits per heavy atom. The summed E-state index contributed by atoms with van der Waals surface area (Å²) in [4.78, 5) is 11.2. The molecule has 1 N–H and O–H groups in total. The molecule has 2 aromatic rings. The average molecular weight is 212 g/mol. The van der Waals surface area contributed by atoms with Crippen LogP contribution in [0.5, 0.6) is 5.75 Å². The quantitative estimate of drug-likeness (QED) is 0.777. The van der Waals surface area contributed by atoms with Gasteiger partial charge >= 0.3 is 0 Å². The lowest BCUT2D eigenvalue weighted by Crippen LogP contribution is -2.08. The number of carbonyl (C=O) groups excluding carboxylic acids is 1. The van der Waals surface area contributed by atoms with Gasteiger partial charge in [-0.15, -0.1) is 0 Å². The number of aldehydes is 1. The van der Waals surface area contributed by atoms with E-state index in [9.17, 15) is 9.90 Å². The number of rotatable bonds is 2. The van der Waals surface area contributed by atoms with Gasteiger partial charge in [0.15, 0.2) is 0 Å². The van der Waals surface area contributed by atoms with Gasteiger partial charge in [-0.05, 0) is 29.9 Å². The minimum absolute atomic E-state index is 0.279. The Hall–Kier alpha value is -1.83. The molecule has 1 saturated carbocycles. The van der Waals surface area contributed by atoms with Gasteiger partial charge < -0.3 is 9.90 Å². The van der Waals surface area contributed by atoms with E-state index in [0.717, 1.165) is 35.5 Å². The van der Waals surface area contributed by atoms with Crippen LogP contribution in [0.4, 0.5) is 0 Å². The number of hydrogen-bond acceptors (Lipinski definition) is 2. The lowest BCUT2D eigenvalue weighted by Gasteiger charge is -2.12. The molecule has 0 radical (unpaired) electrons. The molecule has 80 valence electrons. The molecule has 0 aliphatic heterocycles. The number of benzene rings is 2. The highest BCUT2D eigenvalue weighted by Crippen LogP contribution is 2.49. The van der Waals surface area contributed by atoms with E-state index in [0.29, 0.717) is 0 Å². The zero-order valence-electron chi connectivity index (χ0n) is 8.81. The van der Waals surface area contributed by atoms with Crippen LogP contribution in [0.25, 0.3) is 10.8 Å². The van der Waals surface area contributed by atoms with Crippen molar-refractivity contribution in [3.63, 3.8) is 0 Å². The molecule has 0 atom stereocenters. The van der Waals surface area contributed by atoms with Crippen LogP contribution in [0.3, 0.4) is 0 Å². The Balaban J connectivity index is 2.34. The van der Waals surface area contributed by atoms with Crippen molar-refractivity contribution in [1.82, 2.24) is 0 Å². The molecule has 0 amide bonds. The van der Waals surface area contributed by atoms with Crippen LogP contribution in [0.15, 0.2) is 36.4 Å². The molecule has 1 fully saturated rings. The number of hydrogen-bond donors (Lipinski definition) is 1. The first-order valence-corrected chi connectivity index (χ1v) is 5.44. The summed E-state index contributed by atoms with van der Waals surface area (Å²) in [7, 11) is 0. The first-order valence-electron chi connectivity index (χ1n) is 5.44. The van der Waals surface area contributed by atoms with Crippen molar-refractivity contribution in [2.24, 2.45) is 0 Å². The molecule has 1 aliphatic rings. The molecule has 2 nitrogen and oxygen atoms in total. The van der Waals surface area contributed by atoms with Gasteiger partial charge in [-0.25, -0.2) is 0 Å². The van der Waals surface area contributed by atoms with Crippen LogP contribution >= 0.6 is 0 Å². The molecular formula is C14H12O2. The first-order chi connectivity index (χ1) is 7.77. The van der Waals surface area contributed by atoms with Crippen LogP contribution in [-0.4, -0.2) is 11.4 Å². The van der Waals surface area contributed by atoms with Gasteiger partial charge in [-0.2, -0.15) is 0 Å². The number of aromatic hydroxyl groups is 1. The minimum atomic E-state index is -0.284. The second-order valence-electron chi connectivity index (χ2n) is 4.45. The minimum Gasteiger partial charge on any atom is -0.507 e. The van der Waals surface area contributed by atoms with E-state index < -0.39 is 0 Å². The van der Waals surface area contributed by atoms with Gasteiger partial charge in [0.1, 0.15) is 12.0 Å². The zero-order chi connectivity index (χ0) is 11.2. The number of carbonyl (C=O) groups is 1. The van der Waals surface area contributed by atoms with E-state index in [1.807, 2.05) is 30.3 Å². The molecular weight excluding hydrogens is 200 g/mol. The predicted molar refractivity (Wildman–Crippen MR) is 62.6 cm³/mol. The Morgan fingerprint density at radius 3 is 2.44 bits per heavy atom. The van der Waals surface area contributed by atoms with E-state index >= 15 is 0 Å². The summed E-state index contributed by atoms with van der Waals surface area (Å²) in [6.45, 7) is 0. The van der Waals surface area contributed by atoms with Crippen molar-refractivity contribution in [2.75, 3.05) is 0 Å². The second kappa shape index (κ2) is 3.08. The third-order valence-corrected chi connectivity index (χ3v) is 3.45. The van der Waals surface area contributed by atoms with Crippen molar-refractivity contribution in [3.05, 3.63) is 42.0 Å². The van der Waals surface area contributed by atoms with Crippen LogP contribution in [0, 0.1) is 0 Å². The number of phenolic OH excluding ortho intramolecular Hbond substituents is 1. The Labute approximate surface area is 93.5 Å². The van der Waals surface area contributed by atoms with E-state index in [1.54, 1.807) is 6.07 Å². The largest absolute Gasteiger partial charge is 0.507 e. The molecule has 2 aromatic carbocycles. The summed E-state index contributed by atoms with van der Waals surface area (Å²) >= 11 is 0. The molecule has 0 bridgehead atoms. The summed E-state index contributed by atoms with van der Waals surface area (Å²) in [5.41, 5.74) is 0.767. The maximum atomic E-state index is 11.2. The predicted octanol–water partition coefficient (Wildman–Crippen LogP) is 2.78. The number of fused-ring (bicyclic) bond motifs is 1. The van der Waals surface area contributed by atoms with Gasteiger partial charge in [0.25, 0.3) is 0 Å². The summed E-state index contributed by atoms with van der Waals surface area (Å²) in [6.07, 6.45) is 2.89. The molecule has 0 spiro atoms. The zero-order valence-corrected chi connectivity index (χ0v) is 8.81. The lowest BCUT2D eigenvalue weighted by molar-refractivity contribution is -0.109. The van der Waals surface area contributed by atoms with Gasteiger partial charge in [-0.1, -0.05) is 30.3 Å². The summed E-state index contributed by atoms with van der Waals surface area (Å²) in [6, 6.07) is 11.2. The molecule has 16 heavy (non-hydrogen) atoms. The monoisotopic (exact) mass is 212 g/mol. The van der Waals surface area contributed by atoms with Crippen molar-refractivity contribution >= 4 is 17.1 Å². The van der Waals surface area contributed by atoms with Gasteiger partial charge in [0.2, 0.25) is 0 Å². The topological polar surface area (TPSA) is 37.3 Å². The molecule has 0 aromatic heterocycles. The van der Waals surface area contributed by atoms with E-state index in [4.69, 9.17) is 0 Å². The van der Waals surface area contributed by atoms with Gasteiger partial charge in [-0.3, -0.25) is 0 Å². The van der Waals surface area contributed by atoms with Crippen molar-refractivity contribution in [3.8, 4) is 5.75 Å².